The van der Waals surface area contributed by atoms with Crippen molar-refractivity contribution in [2.45, 2.75) is 45.8 Å². The third-order valence-electron chi connectivity index (χ3n) is 8.47. The van der Waals surface area contributed by atoms with Crippen LogP contribution >= 0.6 is 0 Å². The summed E-state index contributed by atoms with van der Waals surface area (Å²) in [5, 5.41) is 45.0. The molecule has 1 fully saturated rings. The Labute approximate surface area is 241 Å². The standard InChI is InChI=1S/C30H32N2O10/c1-8-11(2)30(39)42-10-16-17-14(22(33)12(3)27(40-6)25(17)36)9-15-20-18-19(23(34)13(4)28(41-7)26(18)37)24(35)21(31(20)5)29(38)32(15)16/h8-9,16,20-21,33-34,36-37H,10H2,1-7H3/b11-8+/t16-,20-,21-/m0/s1. The number of methoxy groups -OCH3 is 2. The minimum absolute atomic E-state index is 0.0142. The van der Waals surface area contributed by atoms with Gasteiger partial charge in [0.25, 0.3) is 5.91 Å². The molecule has 2 bridgehead atoms. The van der Waals surface area contributed by atoms with Crippen LogP contribution in [0.4, 0.5) is 0 Å². The van der Waals surface area contributed by atoms with E-state index in [1.165, 1.54) is 44.1 Å². The van der Waals surface area contributed by atoms with Crippen LogP contribution in [0, 0.1) is 13.8 Å². The summed E-state index contributed by atoms with van der Waals surface area (Å²) in [4.78, 5) is 43.4. The highest BCUT2D eigenvalue weighted by Crippen LogP contribution is 2.58. The topological polar surface area (TPSA) is 166 Å². The molecule has 3 heterocycles. The second-order valence-electron chi connectivity index (χ2n) is 10.5. The molecule has 3 aliphatic rings. The number of phenols is 4. The number of likely N-dealkylation sites (N-methyl/N-ethyl adjacent to an activating group) is 1. The van der Waals surface area contributed by atoms with Crippen LogP contribution in [0.15, 0.2) is 17.3 Å². The number of carbonyl (C=O) groups excluding carboxylic acids is 3. The van der Waals surface area contributed by atoms with Crippen molar-refractivity contribution in [1.29, 1.82) is 0 Å². The molecule has 3 aliphatic heterocycles. The molecule has 2 aromatic carbocycles. The van der Waals surface area contributed by atoms with Crippen molar-refractivity contribution in [1.82, 2.24) is 9.80 Å². The summed E-state index contributed by atoms with van der Waals surface area (Å²) in [6.07, 6.45) is 3.04. The maximum Gasteiger partial charge on any atom is 0.333 e. The summed E-state index contributed by atoms with van der Waals surface area (Å²) in [6, 6.07) is -3.61. The van der Waals surface area contributed by atoms with Crippen molar-refractivity contribution in [3.63, 3.8) is 0 Å². The fourth-order valence-corrected chi connectivity index (χ4v) is 6.22. The van der Waals surface area contributed by atoms with E-state index < -0.39 is 53.9 Å². The number of piperazine rings is 1. The van der Waals surface area contributed by atoms with Crippen molar-refractivity contribution in [3.05, 3.63) is 50.7 Å². The molecule has 0 aromatic heterocycles. The van der Waals surface area contributed by atoms with E-state index >= 15 is 0 Å². The normalized spacial score (nSPS) is 21.3. The highest BCUT2D eigenvalue weighted by Gasteiger charge is 2.57. The Hall–Kier alpha value is -4.71. The quantitative estimate of drug-likeness (QED) is 0.178. The monoisotopic (exact) mass is 580 g/mol. The smallest absolute Gasteiger partial charge is 0.333 e. The molecule has 0 aliphatic carbocycles. The van der Waals surface area contributed by atoms with E-state index in [9.17, 15) is 34.8 Å². The van der Waals surface area contributed by atoms with E-state index in [1.807, 2.05) is 0 Å². The van der Waals surface area contributed by atoms with Gasteiger partial charge in [-0.15, -0.1) is 0 Å². The van der Waals surface area contributed by atoms with Gasteiger partial charge in [0, 0.05) is 39.1 Å². The number of fused-ring (bicyclic) bond motifs is 7. The van der Waals surface area contributed by atoms with Crippen LogP contribution in [0.25, 0.3) is 6.08 Å². The number of nitrogens with zero attached hydrogens (tertiary/aromatic N) is 2. The molecule has 3 atom stereocenters. The first-order valence-corrected chi connectivity index (χ1v) is 13.2. The highest BCUT2D eigenvalue weighted by atomic mass is 16.5. The number of hydrogen-bond donors (Lipinski definition) is 4. The summed E-state index contributed by atoms with van der Waals surface area (Å²) >= 11 is 0. The molecule has 12 nitrogen and oxygen atoms in total. The van der Waals surface area contributed by atoms with E-state index in [2.05, 4.69) is 0 Å². The fraction of sp³-hybridized carbons (Fsp3) is 0.367. The Morgan fingerprint density at radius 2 is 1.50 bits per heavy atom. The number of carbonyl (C=O) groups is 3. The molecule has 0 unspecified atom stereocenters. The van der Waals surface area contributed by atoms with Crippen LogP contribution in [0.3, 0.4) is 0 Å². The number of aromatic hydroxyl groups is 4. The molecule has 222 valence electrons. The number of allylic oxidation sites excluding steroid dienone is 1. The summed E-state index contributed by atoms with van der Waals surface area (Å²) in [5.74, 6) is -3.62. The van der Waals surface area contributed by atoms with Gasteiger partial charge in [0.1, 0.15) is 24.1 Å². The lowest BCUT2D eigenvalue weighted by molar-refractivity contribution is -0.148. The molecule has 4 N–H and O–H groups in total. The van der Waals surface area contributed by atoms with Gasteiger partial charge in [-0.1, -0.05) is 6.08 Å². The molecular formula is C30H32N2O10. The number of rotatable bonds is 5. The van der Waals surface area contributed by atoms with Gasteiger partial charge < -0.3 is 39.5 Å². The van der Waals surface area contributed by atoms with Gasteiger partial charge in [-0.2, -0.15) is 0 Å². The van der Waals surface area contributed by atoms with Crippen LogP contribution in [0.2, 0.25) is 0 Å². The second-order valence-corrected chi connectivity index (χ2v) is 10.5. The molecule has 5 rings (SSSR count). The first-order chi connectivity index (χ1) is 19.8. The molecule has 1 saturated heterocycles. The predicted molar refractivity (Wildman–Crippen MR) is 149 cm³/mol. The fourth-order valence-electron chi connectivity index (χ4n) is 6.22. The Morgan fingerprint density at radius 3 is 2.07 bits per heavy atom. The maximum absolute atomic E-state index is 14.2. The summed E-state index contributed by atoms with van der Waals surface area (Å²) < 4.78 is 16.3. The van der Waals surface area contributed by atoms with Gasteiger partial charge in [0.15, 0.2) is 34.8 Å². The first kappa shape index (κ1) is 28.8. The summed E-state index contributed by atoms with van der Waals surface area (Å²) in [7, 11) is 4.16. The van der Waals surface area contributed by atoms with Crippen LogP contribution in [-0.2, 0) is 14.3 Å². The van der Waals surface area contributed by atoms with E-state index in [0.29, 0.717) is 5.57 Å². The van der Waals surface area contributed by atoms with E-state index in [1.54, 1.807) is 26.8 Å². The number of hydrogen-bond acceptors (Lipinski definition) is 11. The number of Topliss-reactive ketones (excluding diaryl/α,β-unsaturated/α-hetero) is 1. The zero-order chi connectivity index (χ0) is 30.9. The number of benzene rings is 2. The molecule has 0 spiro atoms. The lowest BCUT2D eigenvalue weighted by Crippen LogP contribution is -2.62. The van der Waals surface area contributed by atoms with Gasteiger partial charge in [-0.3, -0.25) is 14.5 Å². The van der Waals surface area contributed by atoms with Crippen LogP contribution < -0.4 is 9.47 Å². The van der Waals surface area contributed by atoms with Gasteiger partial charge >= 0.3 is 5.97 Å². The first-order valence-electron chi connectivity index (χ1n) is 13.2. The zero-order valence-corrected chi connectivity index (χ0v) is 24.2. The predicted octanol–water partition coefficient (Wildman–Crippen LogP) is 3.13. The molecular weight excluding hydrogens is 548 g/mol. The third kappa shape index (κ3) is 3.67. The van der Waals surface area contributed by atoms with Gasteiger partial charge in [0.05, 0.1) is 25.8 Å². The number of ether oxygens (including phenoxy) is 3. The molecule has 1 amide bonds. The zero-order valence-electron chi connectivity index (χ0n) is 24.2. The second kappa shape index (κ2) is 9.98. The van der Waals surface area contributed by atoms with E-state index in [0.717, 1.165) is 0 Å². The molecule has 0 saturated carbocycles. The molecule has 0 radical (unpaired) electrons. The Morgan fingerprint density at radius 1 is 0.929 bits per heavy atom. The Kier molecular flexibility index (Phi) is 6.85. The lowest BCUT2D eigenvalue weighted by Gasteiger charge is -2.52. The van der Waals surface area contributed by atoms with Crippen molar-refractivity contribution < 1.29 is 49.0 Å². The molecule has 2 aromatic rings. The molecule has 42 heavy (non-hydrogen) atoms. The largest absolute Gasteiger partial charge is 0.507 e. The van der Waals surface area contributed by atoms with Gasteiger partial charge in [-0.05, 0) is 40.8 Å². The number of phenolic OH excluding ortho intramolecular Hbond substituents is 4. The summed E-state index contributed by atoms with van der Waals surface area (Å²) in [6.45, 7) is 5.80. The van der Waals surface area contributed by atoms with Crippen molar-refractivity contribution in [2.24, 2.45) is 0 Å². The van der Waals surface area contributed by atoms with Crippen LogP contribution in [0.5, 0.6) is 34.5 Å². The number of ketones is 1. The molecule has 12 heteroatoms. The van der Waals surface area contributed by atoms with Crippen molar-refractivity contribution in [2.75, 3.05) is 27.9 Å². The number of amides is 1. The van der Waals surface area contributed by atoms with Crippen LogP contribution in [-0.4, -0.2) is 81.8 Å². The average Bonchev–Trinajstić information content (AvgIpc) is 2.96. The number of esters is 1. The highest BCUT2D eigenvalue weighted by molar-refractivity contribution is 6.18. The minimum atomic E-state index is -1.42. The van der Waals surface area contributed by atoms with Crippen molar-refractivity contribution >= 4 is 23.7 Å². The van der Waals surface area contributed by atoms with Crippen LogP contribution in [0.1, 0.15) is 64.1 Å². The van der Waals surface area contributed by atoms with E-state index in [-0.39, 0.29) is 62.1 Å². The average molecular weight is 581 g/mol. The van der Waals surface area contributed by atoms with Crippen molar-refractivity contribution in [3.8, 4) is 34.5 Å². The van der Waals surface area contributed by atoms with Gasteiger partial charge in [-0.25, -0.2) is 4.79 Å². The Bertz CT molecular complexity index is 1640. The minimum Gasteiger partial charge on any atom is -0.507 e. The lowest BCUT2D eigenvalue weighted by atomic mass is 9.77. The third-order valence-corrected chi connectivity index (χ3v) is 8.47. The van der Waals surface area contributed by atoms with Gasteiger partial charge in [0.2, 0.25) is 0 Å². The summed E-state index contributed by atoms with van der Waals surface area (Å²) in [5.41, 5.74) is 0.885. The Balaban J connectivity index is 1.84. The maximum atomic E-state index is 14.2. The van der Waals surface area contributed by atoms with E-state index in [4.69, 9.17) is 14.2 Å². The SMILES string of the molecule is C/C=C(\C)C(=O)OC[C@H]1c2c(O)c(OC)c(C)c(O)c2C=C2[C@H]3c4c(O)c(OC)c(C)c(O)c4C(=O)[C@@H](C(=O)N21)N3C.